The van der Waals surface area contributed by atoms with Crippen LogP contribution in [0.5, 0.6) is 0 Å². The molecular formula is C20H23BN4O3. The van der Waals surface area contributed by atoms with Crippen LogP contribution in [-0.2, 0) is 14.1 Å². The highest BCUT2D eigenvalue weighted by molar-refractivity contribution is 6.62. The molecule has 2 aromatic rings. The molecule has 0 saturated carbocycles. The van der Waals surface area contributed by atoms with Gasteiger partial charge in [0, 0.05) is 5.69 Å². The van der Waals surface area contributed by atoms with Crippen LogP contribution in [0.3, 0.4) is 0 Å². The highest BCUT2D eigenvalue weighted by Gasteiger charge is 2.51. The lowest BCUT2D eigenvalue weighted by molar-refractivity contribution is -0.116. The van der Waals surface area contributed by atoms with Crippen molar-refractivity contribution in [3.63, 3.8) is 0 Å². The molecule has 1 amide bonds. The average molecular weight is 378 g/mol. The van der Waals surface area contributed by atoms with E-state index in [1.807, 2.05) is 58.0 Å². The summed E-state index contributed by atoms with van der Waals surface area (Å²) in [7, 11) is -0.446. The minimum Gasteiger partial charge on any atom is -0.399 e. The van der Waals surface area contributed by atoms with Gasteiger partial charge >= 0.3 is 7.12 Å². The number of carbonyl (C=O) groups excluding carboxylic acids is 1. The van der Waals surface area contributed by atoms with Crippen molar-refractivity contribution in [2.75, 3.05) is 10.6 Å². The molecule has 1 atom stereocenters. The maximum Gasteiger partial charge on any atom is 0.494 e. The lowest BCUT2D eigenvalue weighted by Crippen LogP contribution is -2.41. The monoisotopic (exact) mass is 378 g/mol. The van der Waals surface area contributed by atoms with E-state index in [0.29, 0.717) is 5.69 Å². The molecule has 144 valence electrons. The Morgan fingerprint density at radius 2 is 1.89 bits per heavy atom. The van der Waals surface area contributed by atoms with E-state index in [-0.39, 0.29) is 5.91 Å². The standard InChI is InChI=1S/C20H23BN4O3/c1-19(2)20(3,4)28-21(27-19)14-7-5-13-6-8-16(25-17(13)11-14)18(26)24-15-9-10-22-23-12-15/h5-12,16,25H,1-4H3,(H,22,24,26). The van der Waals surface area contributed by atoms with Crippen molar-refractivity contribution < 1.29 is 14.1 Å². The van der Waals surface area contributed by atoms with Crippen molar-refractivity contribution in [1.82, 2.24) is 10.2 Å². The van der Waals surface area contributed by atoms with E-state index in [4.69, 9.17) is 9.31 Å². The molecule has 7 nitrogen and oxygen atoms in total. The Morgan fingerprint density at radius 3 is 2.57 bits per heavy atom. The molecule has 1 fully saturated rings. The fourth-order valence-electron chi connectivity index (χ4n) is 3.12. The number of benzene rings is 1. The van der Waals surface area contributed by atoms with Crippen LogP contribution in [0.2, 0.25) is 0 Å². The highest BCUT2D eigenvalue weighted by Crippen LogP contribution is 2.36. The molecule has 0 radical (unpaired) electrons. The first-order valence-corrected chi connectivity index (χ1v) is 9.27. The molecule has 0 spiro atoms. The number of aromatic nitrogens is 2. The van der Waals surface area contributed by atoms with Crippen LogP contribution in [0, 0.1) is 0 Å². The molecule has 28 heavy (non-hydrogen) atoms. The summed E-state index contributed by atoms with van der Waals surface area (Å²) in [6.45, 7) is 8.11. The molecule has 1 aromatic heterocycles. The Kier molecular flexibility index (Phi) is 4.48. The molecule has 2 N–H and O–H groups in total. The van der Waals surface area contributed by atoms with Crippen LogP contribution in [0.4, 0.5) is 11.4 Å². The molecule has 1 aromatic carbocycles. The van der Waals surface area contributed by atoms with E-state index in [0.717, 1.165) is 16.7 Å². The topological polar surface area (TPSA) is 85.4 Å². The fourth-order valence-corrected chi connectivity index (χ4v) is 3.12. The zero-order valence-corrected chi connectivity index (χ0v) is 16.4. The van der Waals surface area contributed by atoms with E-state index >= 15 is 0 Å². The van der Waals surface area contributed by atoms with Crippen LogP contribution >= 0.6 is 0 Å². The lowest BCUT2D eigenvalue weighted by atomic mass is 9.78. The third-order valence-corrected chi connectivity index (χ3v) is 5.52. The van der Waals surface area contributed by atoms with E-state index in [2.05, 4.69) is 20.8 Å². The quantitative estimate of drug-likeness (QED) is 0.797. The van der Waals surface area contributed by atoms with Crippen molar-refractivity contribution in [3.8, 4) is 0 Å². The molecule has 3 heterocycles. The predicted octanol–water partition coefficient (Wildman–Crippen LogP) is 2.22. The Bertz CT molecular complexity index is 914. The van der Waals surface area contributed by atoms with Gasteiger partial charge in [-0.1, -0.05) is 24.3 Å². The van der Waals surface area contributed by atoms with E-state index in [1.54, 1.807) is 6.07 Å². The summed E-state index contributed by atoms with van der Waals surface area (Å²) in [5.74, 6) is -0.170. The highest BCUT2D eigenvalue weighted by atomic mass is 16.7. The van der Waals surface area contributed by atoms with Crippen LogP contribution in [0.15, 0.2) is 42.7 Å². The zero-order valence-electron chi connectivity index (χ0n) is 16.4. The van der Waals surface area contributed by atoms with Gasteiger partial charge in [0.1, 0.15) is 6.04 Å². The zero-order chi connectivity index (χ0) is 19.9. The summed E-state index contributed by atoms with van der Waals surface area (Å²) in [4.78, 5) is 12.6. The van der Waals surface area contributed by atoms with Gasteiger partial charge in [0.15, 0.2) is 0 Å². The van der Waals surface area contributed by atoms with Gasteiger partial charge in [-0.15, -0.1) is 0 Å². The Labute approximate surface area is 164 Å². The minimum absolute atomic E-state index is 0.170. The summed E-state index contributed by atoms with van der Waals surface area (Å²) in [6, 6.07) is 7.18. The van der Waals surface area contributed by atoms with Gasteiger partial charge in [0.25, 0.3) is 5.91 Å². The van der Waals surface area contributed by atoms with Gasteiger partial charge in [0.2, 0.25) is 0 Å². The summed E-state index contributed by atoms with van der Waals surface area (Å²) >= 11 is 0. The van der Waals surface area contributed by atoms with Gasteiger partial charge in [-0.25, -0.2) is 0 Å². The van der Waals surface area contributed by atoms with Crippen LogP contribution in [0.25, 0.3) is 6.08 Å². The third kappa shape index (κ3) is 3.41. The van der Waals surface area contributed by atoms with Crippen molar-refractivity contribution in [1.29, 1.82) is 0 Å². The number of rotatable bonds is 3. The number of amides is 1. The third-order valence-electron chi connectivity index (χ3n) is 5.52. The number of anilines is 2. The van der Waals surface area contributed by atoms with E-state index in [9.17, 15) is 4.79 Å². The second-order valence-corrected chi connectivity index (χ2v) is 8.04. The van der Waals surface area contributed by atoms with E-state index in [1.165, 1.54) is 12.4 Å². The number of hydrogen-bond donors (Lipinski definition) is 2. The Morgan fingerprint density at radius 1 is 1.14 bits per heavy atom. The first-order valence-electron chi connectivity index (χ1n) is 9.27. The Balaban J connectivity index is 1.51. The average Bonchev–Trinajstić information content (AvgIpc) is 2.89. The van der Waals surface area contributed by atoms with Crippen molar-refractivity contribution in [2.24, 2.45) is 0 Å². The molecule has 8 heteroatoms. The summed E-state index contributed by atoms with van der Waals surface area (Å²) in [6.07, 6.45) is 6.82. The van der Waals surface area contributed by atoms with Crippen LogP contribution < -0.4 is 16.1 Å². The van der Waals surface area contributed by atoms with Crippen molar-refractivity contribution in [2.45, 2.75) is 44.9 Å². The van der Waals surface area contributed by atoms with Gasteiger partial charge in [-0.2, -0.15) is 10.2 Å². The molecule has 1 saturated heterocycles. The largest absolute Gasteiger partial charge is 0.494 e. The molecule has 0 bridgehead atoms. The van der Waals surface area contributed by atoms with Crippen LogP contribution in [-0.4, -0.2) is 40.5 Å². The van der Waals surface area contributed by atoms with Gasteiger partial charge in [-0.3, -0.25) is 4.79 Å². The van der Waals surface area contributed by atoms with E-state index < -0.39 is 24.4 Å². The number of hydrogen-bond acceptors (Lipinski definition) is 6. The second-order valence-electron chi connectivity index (χ2n) is 8.04. The van der Waals surface area contributed by atoms with Crippen molar-refractivity contribution in [3.05, 3.63) is 48.3 Å². The molecule has 4 rings (SSSR count). The second kappa shape index (κ2) is 6.72. The van der Waals surface area contributed by atoms with Gasteiger partial charge in [0.05, 0.1) is 29.3 Å². The predicted molar refractivity (Wildman–Crippen MR) is 109 cm³/mol. The number of fused-ring (bicyclic) bond motifs is 1. The first kappa shape index (κ1) is 18.6. The summed E-state index contributed by atoms with van der Waals surface area (Å²) in [5, 5.41) is 13.6. The van der Waals surface area contributed by atoms with Crippen LogP contribution in [0.1, 0.15) is 33.3 Å². The fraction of sp³-hybridized carbons (Fsp3) is 0.350. The summed E-state index contributed by atoms with van der Waals surface area (Å²) < 4.78 is 12.3. The number of carbonyl (C=O) groups is 1. The molecular weight excluding hydrogens is 355 g/mol. The smallest absolute Gasteiger partial charge is 0.399 e. The van der Waals surface area contributed by atoms with Gasteiger partial charge in [-0.05, 0) is 50.9 Å². The molecule has 1 unspecified atom stereocenters. The molecule has 2 aliphatic heterocycles. The maximum absolute atomic E-state index is 12.6. The van der Waals surface area contributed by atoms with Crippen molar-refractivity contribution >= 4 is 35.9 Å². The summed E-state index contributed by atoms with van der Waals surface area (Å²) in [5.41, 5.74) is 2.59. The molecule has 0 aliphatic carbocycles. The Hall–Kier alpha value is -2.71. The number of nitrogens with zero attached hydrogens (tertiary/aromatic N) is 2. The number of nitrogens with one attached hydrogen (secondary N) is 2. The lowest BCUT2D eigenvalue weighted by Gasteiger charge is -2.32. The van der Waals surface area contributed by atoms with Gasteiger partial charge < -0.3 is 19.9 Å². The molecule has 2 aliphatic rings. The normalized spacial score (nSPS) is 21.7. The first-order chi connectivity index (χ1) is 13.2. The minimum atomic E-state index is -0.491. The SMILES string of the molecule is CC1(C)OB(c2ccc3c(c2)NC(C(=O)Nc2ccnnc2)C=C3)OC1(C)C. The maximum atomic E-state index is 12.6.